The fourth-order valence-corrected chi connectivity index (χ4v) is 2.13. The molecule has 0 fully saturated rings. The molecule has 0 atom stereocenters. The maximum Gasteiger partial charge on any atom is 0.331 e. The SMILES string of the molecule is CCCN(C)C(=O)N(C(=O)CC)c1coc2ncccc12. The summed E-state index contributed by atoms with van der Waals surface area (Å²) in [6, 6.07) is 3.18. The van der Waals surface area contributed by atoms with E-state index in [0.717, 1.165) is 6.42 Å². The number of carbonyl (C=O) groups is 2. The first-order chi connectivity index (χ1) is 10.1. The highest BCUT2D eigenvalue weighted by atomic mass is 16.3. The molecule has 3 amide bonds. The Labute approximate surface area is 123 Å². The predicted octanol–water partition coefficient (Wildman–Crippen LogP) is 3.03. The Kier molecular flexibility index (Phi) is 4.57. The molecule has 112 valence electrons. The van der Waals surface area contributed by atoms with Gasteiger partial charge in [0, 0.05) is 26.2 Å². The minimum atomic E-state index is -0.352. The van der Waals surface area contributed by atoms with Gasteiger partial charge in [0.1, 0.15) is 12.0 Å². The van der Waals surface area contributed by atoms with Gasteiger partial charge < -0.3 is 9.32 Å². The zero-order valence-corrected chi connectivity index (χ0v) is 12.5. The molecule has 0 aliphatic carbocycles. The monoisotopic (exact) mass is 289 g/mol. The van der Waals surface area contributed by atoms with Gasteiger partial charge in [-0.05, 0) is 18.6 Å². The van der Waals surface area contributed by atoms with Gasteiger partial charge in [0.2, 0.25) is 11.6 Å². The minimum absolute atomic E-state index is 0.235. The van der Waals surface area contributed by atoms with Crippen LogP contribution in [0.4, 0.5) is 10.5 Å². The van der Waals surface area contributed by atoms with Crippen molar-refractivity contribution in [2.45, 2.75) is 26.7 Å². The lowest BCUT2D eigenvalue weighted by atomic mass is 10.2. The summed E-state index contributed by atoms with van der Waals surface area (Å²) < 4.78 is 5.34. The number of urea groups is 1. The fraction of sp³-hybridized carbons (Fsp3) is 0.400. The van der Waals surface area contributed by atoms with E-state index in [2.05, 4.69) is 4.98 Å². The normalized spacial score (nSPS) is 10.6. The van der Waals surface area contributed by atoms with Crippen LogP contribution in [0.15, 0.2) is 29.0 Å². The topological polar surface area (TPSA) is 66.7 Å². The van der Waals surface area contributed by atoms with Gasteiger partial charge >= 0.3 is 6.03 Å². The number of imide groups is 1. The zero-order chi connectivity index (χ0) is 15.4. The number of aromatic nitrogens is 1. The smallest absolute Gasteiger partial charge is 0.331 e. The first kappa shape index (κ1) is 15.0. The lowest BCUT2D eigenvalue weighted by molar-refractivity contribution is -0.117. The molecule has 2 rings (SSSR count). The third-order valence-electron chi connectivity index (χ3n) is 3.20. The highest BCUT2D eigenvalue weighted by Gasteiger charge is 2.28. The molecule has 2 aromatic rings. The quantitative estimate of drug-likeness (QED) is 0.867. The number of fused-ring (bicyclic) bond motifs is 1. The minimum Gasteiger partial charge on any atom is -0.444 e. The van der Waals surface area contributed by atoms with Crippen LogP contribution < -0.4 is 4.90 Å². The molecule has 21 heavy (non-hydrogen) atoms. The third kappa shape index (κ3) is 2.89. The summed E-state index contributed by atoms with van der Waals surface area (Å²) in [5, 5.41) is 0.651. The number of anilines is 1. The molecule has 0 saturated heterocycles. The predicted molar refractivity (Wildman–Crippen MR) is 80.1 cm³/mol. The number of carbonyl (C=O) groups excluding carboxylic acids is 2. The van der Waals surface area contributed by atoms with E-state index in [1.54, 1.807) is 32.3 Å². The van der Waals surface area contributed by atoms with Crippen LogP contribution in [0.3, 0.4) is 0 Å². The average molecular weight is 289 g/mol. The summed E-state index contributed by atoms with van der Waals surface area (Å²) in [6.07, 6.45) is 4.07. The zero-order valence-electron chi connectivity index (χ0n) is 12.5. The first-order valence-electron chi connectivity index (χ1n) is 7.00. The van der Waals surface area contributed by atoms with Crippen LogP contribution in [-0.4, -0.2) is 35.4 Å². The van der Waals surface area contributed by atoms with E-state index in [4.69, 9.17) is 4.42 Å². The van der Waals surface area contributed by atoms with E-state index in [0.29, 0.717) is 23.3 Å². The number of rotatable bonds is 4. The Hall–Kier alpha value is -2.37. The van der Waals surface area contributed by atoms with Crippen LogP contribution in [-0.2, 0) is 4.79 Å². The van der Waals surface area contributed by atoms with Gasteiger partial charge in [0.15, 0.2) is 0 Å². The van der Waals surface area contributed by atoms with Crippen LogP contribution in [0.2, 0.25) is 0 Å². The van der Waals surface area contributed by atoms with Crippen molar-refractivity contribution in [3.05, 3.63) is 24.6 Å². The van der Waals surface area contributed by atoms with Gasteiger partial charge in [-0.15, -0.1) is 0 Å². The summed E-state index contributed by atoms with van der Waals surface area (Å²) in [4.78, 5) is 31.5. The van der Waals surface area contributed by atoms with Gasteiger partial charge in [0.05, 0.1) is 5.39 Å². The van der Waals surface area contributed by atoms with Crippen LogP contribution in [0.1, 0.15) is 26.7 Å². The van der Waals surface area contributed by atoms with Crippen LogP contribution in [0.5, 0.6) is 0 Å². The second-order valence-electron chi connectivity index (χ2n) is 4.76. The largest absolute Gasteiger partial charge is 0.444 e. The number of hydrogen-bond acceptors (Lipinski definition) is 4. The molecule has 6 nitrogen and oxygen atoms in total. The molecule has 0 unspecified atom stereocenters. The van der Waals surface area contributed by atoms with E-state index in [1.165, 1.54) is 16.1 Å². The summed E-state index contributed by atoms with van der Waals surface area (Å²) in [6.45, 7) is 4.29. The molecule has 2 heterocycles. The first-order valence-corrected chi connectivity index (χ1v) is 7.00. The van der Waals surface area contributed by atoms with Crippen LogP contribution >= 0.6 is 0 Å². The van der Waals surface area contributed by atoms with Crippen molar-refractivity contribution < 1.29 is 14.0 Å². The van der Waals surface area contributed by atoms with Crippen LogP contribution in [0, 0.1) is 0 Å². The molecule has 0 saturated carbocycles. The molecule has 0 radical (unpaired) electrons. The molecular weight excluding hydrogens is 270 g/mol. The van der Waals surface area contributed by atoms with Gasteiger partial charge in [-0.25, -0.2) is 14.7 Å². The second kappa shape index (κ2) is 6.39. The summed E-state index contributed by atoms with van der Waals surface area (Å²) >= 11 is 0. The average Bonchev–Trinajstić information content (AvgIpc) is 2.91. The van der Waals surface area contributed by atoms with Crippen molar-refractivity contribution >= 4 is 28.7 Å². The fourth-order valence-electron chi connectivity index (χ4n) is 2.13. The van der Waals surface area contributed by atoms with E-state index in [-0.39, 0.29) is 18.4 Å². The number of hydrogen-bond donors (Lipinski definition) is 0. The van der Waals surface area contributed by atoms with Crippen molar-refractivity contribution in [3.8, 4) is 0 Å². The highest BCUT2D eigenvalue weighted by molar-refractivity contribution is 6.17. The Balaban J connectivity index is 2.45. The Bertz CT molecular complexity index is 650. The summed E-state index contributed by atoms with van der Waals surface area (Å²) in [5.41, 5.74) is 0.852. The van der Waals surface area contributed by atoms with E-state index < -0.39 is 0 Å². The van der Waals surface area contributed by atoms with E-state index in [9.17, 15) is 9.59 Å². The standard InChI is InChI=1S/C15H19N3O3/c1-4-9-17(3)15(20)18(13(19)5-2)12-10-21-14-11(12)7-6-8-16-14/h6-8,10H,4-5,9H2,1-3H3. The number of amides is 3. The lowest BCUT2D eigenvalue weighted by Gasteiger charge is -2.25. The van der Waals surface area contributed by atoms with Crippen molar-refractivity contribution in [1.82, 2.24) is 9.88 Å². The second-order valence-corrected chi connectivity index (χ2v) is 4.76. The van der Waals surface area contributed by atoms with Gasteiger partial charge in [-0.1, -0.05) is 13.8 Å². The molecule has 0 spiro atoms. The molecule has 2 aromatic heterocycles. The van der Waals surface area contributed by atoms with Gasteiger partial charge in [-0.2, -0.15) is 0 Å². The van der Waals surface area contributed by atoms with Gasteiger partial charge in [-0.3, -0.25) is 4.79 Å². The van der Waals surface area contributed by atoms with Crippen molar-refractivity contribution in [1.29, 1.82) is 0 Å². The van der Waals surface area contributed by atoms with Crippen molar-refractivity contribution in [2.24, 2.45) is 0 Å². The summed E-state index contributed by atoms with van der Waals surface area (Å²) in [7, 11) is 1.68. The van der Waals surface area contributed by atoms with Gasteiger partial charge in [0.25, 0.3) is 0 Å². The van der Waals surface area contributed by atoms with E-state index >= 15 is 0 Å². The van der Waals surface area contributed by atoms with Crippen LogP contribution in [0.25, 0.3) is 11.1 Å². The summed E-state index contributed by atoms with van der Waals surface area (Å²) in [5.74, 6) is -0.269. The maximum absolute atomic E-state index is 12.5. The van der Waals surface area contributed by atoms with Crippen molar-refractivity contribution in [3.63, 3.8) is 0 Å². The molecule has 0 aliphatic heterocycles. The highest BCUT2D eigenvalue weighted by Crippen LogP contribution is 2.28. The Morgan fingerprint density at radius 3 is 2.76 bits per heavy atom. The lowest BCUT2D eigenvalue weighted by Crippen LogP contribution is -2.45. The van der Waals surface area contributed by atoms with E-state index in [1.807, 2.05) is 6.92 Å². The molecule has 0 bridgehead atoms. The molecule has 0 aromatic carbocycles. The number of furan rings is 1. The molecular formula is C15H19N3O3. The number of nitrogens with zero attached hydrogens (tertiary/aromatic N) is 3. The maximum atomic E-state index is 12.5. The molecule has 0 N–H and O–H groups in total. The number of pyridine rings is 1. The van der Waals surface area contributed by atoms with Crippen molar-refractivity contribution in [2.75, 3.05) is 18.5 Å². The molecule has 0 aliphatic rings. The Morgan fingerprint density at radius 1 is 1.33 bits per heavy atom. The molecule has 6 heteroatoms. The Morgan fingerprint density at radius 2 is 2.10 bits per heavy atom. The third-order valence-corrected chi connectivity index (χ3v) is 3.20.